The summed E-state index contributed by atoms with van der Waals surface area (Å²) in [4.78, 5) is 8.81. The Kier molecular flexibility index (Phi) is 5.29. The average Bonchev–Trinajstić information content (AvgIpc) is 2.76. The third kappa shape index (κ3) is 5.01. The molecule has 2 aromatic rings. The van der Waals surface area contributed by atoms with E-state index in [1.807, 2.05) is 19.1 Å². The molecule has 2 heterocycles. The molecular formula is C14H21BrN4OSi. The van der Waals surface area contributed by atoms with Gasteiger partial charge in [0.15, 0.2) is 5.82 Å². The van der Waals surface area contributed by atoms with E-state index in [0.717, 1.165) is 34.5 Å². The maximum atomic E-state index is 5.75. The summed E-state index contributed by atoms with van der Waals surface area (Å²) in [5.74, 6) is 1.47. The Morgan fingerprint density at radius 2 is 2.05 bits per heavy atom. The summed E-state index contributed by atoms with van der Waals surface area (Å²) in [5.41, 5.74) is 0.799. The summed E-state index contributed by atoms with van der Waals surface area (Å²) in [6.45, 7) is 10.1. The van der Waals surface area contributed by atoms with Crippen LogP contribution in [-0.4, -0.2) is 34.4 Å². The first kappa shape index (κ1) is 16.3. The number of hydrogen-bond donors (Lipinski definition) is 0. The van der Waals surface area contributed by atoms with E-state index in [1.54, 1.807) is 10.9 Å². The molecule has 114 valence electrons. The van der Waals surface area contributed by atoms with E-state index >= 15 is 0 Å². The fourth-order valence-corrected chi connectivity index (χ4v) is 2.76. The van der Waals surface area contributed by atoms with Crippen LogP contribution in [0.1, 0.15) is 5.82 Å². The highest BCUT2D eigenvalue weighted by Crippen LogP contribution is 2.17. The van der Waals surface area contributed by atoms with E-state index in [0.29, 0.717) is 6.73 Å². The van der Waals surface area contributed by atoms with Crippen LogP contribution in [0.5, 0.6) is 0 Å². The van der Waals surface area contributed by atoms with Gasteiger partial charge in [-0.1, -0.05) is 19.6 Å². The van der Waals surface area contributed by atoms with Gasteiger partial charge >= 0.3 is 0 Å². The average molecular weight is 369 g/mol. The second kappa shape index (κ2) is 6.80. The fraction of sp³-hybridized carbons (Fsp3) is 0.500. The van der Waals surface area contributed by atoms with Crippen LogP contribution in [-0.2, 0) is 11.5 Å². The van der Waals surface area contributed by atoms with E-state index in [-0.39, 0.29) is 0 Å². The molecule has 0 amide bonds. The van der Waals surface area contributed by atoms with E-state index in [2.05, 4.69) is 50.6 Å². The Bertz CT molecular complexity index is 592. The van der Waals surface area contributed by atoms with Gasteiger partial charge in [-0.2, -0.15) is 5.10 Å². The van der Waals surface area contributed by atoms with Crippen molar-refractivity contribution in [3.63, 3.8) is 0 Å². The number of rotatable bonds is 6. The van der Waals surface area contributed by atoms with Crippen molar-refractivity contribution < 1.29 is 4.74 Å². The van der Waals surface area contributed by atoms with Crippen LogP contribution >= 0.6 is 15.9 Å². The summed E-state index contributed by atoms with van der Waals surface area (Å²) >= 11 is 3.39. The van der Waals surface area contributed by atoms with Crippen molar-refractivity contribution in [2.75, 3.05) is 6.61 Å². The van der Waals surface area contributed by atoms with Crippen molar-refractivity contribution >= 4 is 24.0 Å². The van der Waals surface area contributed by atoms with Crippen molar-refractivity contribution in [1.82, 2.24) is 19.7 Å². The predicted octanol–water partition coefficient (Wildman–Crippen LogP) is 3.72. The lowest BCUT2D eigenvalue weighted by molar-refractivity contribution is 0.0794. The molecule has 0 bridgehead atoms. The molecule has 0 radical (unpaired) electrons. The number of aromatic nitrogens is 4. The molecule has 0 fully saturated rings. The van der Waals surface area contributed by atoms with Crippen molar-refractivity contribution in [2.24, 2.45) is 0 Å². The van der Waals surface area contributed by atoms with Crippen molar-refractivity contribution in [1.29, 1.82) is 0 Å². The van der Waals surface area contributed by atoms with E-state index in [4.69, 9.17) is 4.74 Å². The molecule has 7 heteroatoms. The van der Waals surface area contributed by atoms with Crippen molar-refractivity contribution in [2.45, 2.75) is 39.3 Å². The molecule has 2 rings (SSSR count). The SMILES string of the molecule is Cc1nc(-c2ccc(Br)cn2)n(COCC[Si](C)(C)C)n1. The van der Waals surface area contributed by atoms with E-state index < -0.39 is 8.07 Å². The number of nitrogens with zero attached hydrogens (tertiary/aromatic N) is 4. The largest absolute Gasteiger partial charge is 0.359 e. The molecule has 0 aliphatic rings. The first-order chi connectivity index (χ1) is 9.85. The van der Waals surface area contributed by atoms with Gasteiger partial charge in [0.05, 0.1) is 0 Å². The van der Waals surface area contributed by atoms with Gasteiger partial charge in [-0.3, -0.25) is 4.98 Å². The molecule has 0 atom stereocenters. The Morgan fingerprint density at radius 3 is 2.67 bits per heavy atom. The van der Waals surface area contributed by atoms with Gasteiger partial charge in [0.2, 0.25) is 0 Å². The molecule has 0 aliphatic carbocycles. The van der Waals surface area contributed by atoms with Gasteiger partial charge in [0, 0.05) is 25.4 Å². The predicted molar refractivity (Wildman–Crippen MR) is 89.8 cm³/mol. The number of aryl methyl sites for hydroxylation is 1. The highest BCUT2D eigenvalue weighted by Gasteiger charge is 2.14. The number of ether oxygens (including phenoxy) is 1. The Balaban J connectivity index is 2.05. The molecule has 0 saturated carbocycles. The molecule has 0 saturated heterocycles. The van der Waals surface area contributed by atoms with E-state index in [9.17, 15) is 0 Å². The maximum Gasteiger partial charge on any atom is 0.179 e. The number of hydrogen-bond acceptors (Lipinski definition) is 4. The molecule has 0 spiro atoms. The lowest BCUT2D eigenvalue weighted by Gasteiger charge is -2.15. The zero-order valence-corrected chi connectivity index (χ0v) is 15.5. The van der Waals surface area contributed by atoms with Gasteiger partial charge in [0.1, 0.15) is 18.2 Å². The zero-order chi connectivity index (χ0) is 15.5. The third-order valence-corrected chi connectivity index (χ3v) is 5.12. The van der Waals surface area contributed by atoms with Crippen LogP contribution in [0, 0.1) is 6.92 Å². The van der Waals surface area contributed by atoms with E-state index in [1.165, 1.54) is 0 Å². The second-order valence-corrected chi connectivity index (χ2v) is 12.7. The van der Waals surface area contributed by atoms with Gasteiger partial charge in [-0.05, 0) is 41.0 Å². The zero-order valence-electron chi connectivity index (χ0n) is 12.9. The van der Waals surface area contributed by atoms with Crippen LogP contribution in [0.4, 0.5) is 0 Å². The van der Waals surface area contributed by atoms with Gasteiger partial charge in [-0.25, -0.2) is 9.67 Å². The number of pyridine rings is 1. The number of halogens is 1. The van der Waals surface area contributed by atoms with Gasteiger partial charge < -0.3 is 4.74 Å². The van der Waals surface area contributed by atoms with Gasteiger partial charge in [0.25, 0.3) is 0 Å². The topological polar surface area (TPSA) is 52.8 Å². The van der Waals surface area contributed by atoms with Crippen molar-refractivity contribution in [3.05, 3.63) is 28.6 Å². The Hall–Kier alpha value is -1.05. The quantitative estimate of drug-likeness (QED) is 0.575. The standard InChI is InChI=1S/C14H21BrN4OSi/c1-11-17-14(13-6-5-12(15)9-16-13)19(18-11)10-20-7-8-21(2,3)4/h5-6,9H,7-8,10H2,1-4H3. The highest BCUT2D eigenvalue weighted by atomic mass is 79.9. The summed E-state index contributed by atoms with van der Waals surface area (Å²) in [6, 6.07) is 5.02. The van der Waals surface area contributed by atoms with Crippen LogP contribution in [0.25, 0.3) is 11.5 Å². The molecular weight excluding hydrogens is 348 g/mol. The first-order valence-electron chi connectivity index (χ1n) is 6.96. The summed E-state index contributed by atoms with van der Waals surface area (Å²) < 4.78 is 8.47. The summed E-state index contributed by atoms with van der Waals surface area (Å²) in [5, 5.41) is 4.38. The molecule has 21 heavy (non-hydrogen) atoms. The van der Waals surface area contributed by atoms with Crippen molar-refractivity contribution in [3.8, 4) is 11.5 Å². The first-order valence-corrected chi connectivity index (χ1v) is 11.5. The smallest absolute Gasteiger partial charge is 0.179 e. The third-order valence-electron chi connectivity index (χ3n) is 2.94. The minimum atomic E-state index is -1.06. The fourth-order valence-electron chi connectivity index (χ4n) is 1.77. The second-order valence-electron chi connectivity index (χ2n) is 6.19. The molecule has 2 aromatic heterocycles. The molecule has 0 N–H and O–H groups in total. The molecule has 0 aromatic carbocycles. The maximum absolute atomic E-state index is 5.75. The van der Waals surface area contributed by atoms with Crippen LogP contribution in [0.15, 0.2) is 22.8 Å². The molecule has 5 nitrogen and oxygen atoms in total. The lowest BCUT2D eigenvalue weighted by atomic mass is 10.3. The minimum absolute atomic E-state index is 0.415. The molecule has 0 aliphatic heterocycles. The lowest BCUT2D eigenvalue weighted by Crippen LogP contribution is -2.22. The summed E-state index contributed by atoms with van der Waals surface area (Å²) in [6.07, 6.45) is 1.76. The summed E-state index contributed by atoms with van der Waals surface area (Å²) in [7, 11) is -1.06. The molecule has 0 unspecified atom stereocenters. The highest BCUT2D eigenvalue weighted by molar-refractivity contribution is 9.10. The minimum Gasteiger partial charge on any atom is -0.359 e. The van der Waals surface area contributed by atoms with Crippen LogP contribution in [0.3, 0.4) is 0 Å². The van der Waals surface area contributed by atoms with Crippen LogP contribution in [0.2, 0.25) is 25.7 Å². The Labute approximate surface area is 134 Å². The monoisotopic (exact) mass is 368 g/mol. The Morgan fingerprint density at radius 1 is 1.29 bits per heavy atom. The normalized spacial score (nSPS) is 11.9. The van der Waals surface area contributed by atoms with Crippen LogP contribution < -0.4 is 0 Å². The van der Waals surface area contributed by atoms with Gasteiger partial charge in [-0.15, -0.1) is 0 Å².